The van der Waals surface area contributed by atoms with Crippen molar-refractivity contribution in [1.82, 2.24) is 0 Å². The van der Waals surface area contributed by atoms with Gasteiger partial charge in [-0.15, -0.1) is 0 Å². The quantitative estimate of drug-likeness (QED) is 0.757. The van der Waals surface area contributed by atoms with Crippen LogP contribution < -0.4 is 4.74 Å². The number of rotatable bonds is 4. The predicted octanol–water partition coefficient (Wildman–Crippen LogP) is 4.79. The van der Waals surface area contributed by atoms with Crippen molar-refractivity contribution in [3.8, 4) is 5.75 Å². The molecule has 0 spiro atoms. The van der Waals surface area contributed by atoms with Crippen molar-refractivity contribution in [2.45, 2.75) is 20.0 Å². The van der Waals surface area contributed by atoms with E-state index >= 15 is 0 Å². The molecule has 1 unspecified atom stereocenters. The Kier molecular flexibility index (Phi) is 4.38. The molecule has 0 aromatic heterocycles. The lowest BCUT2D eigenvalue weighted by molar-refractivity contribution is 0.101. The molecule has 0 fully saturated rings. The van der Waals surface area contributed by atoms with Crippen molar-refractivity contribution in [2.75, 3.05) is 0 Å². The molecule has 19 heavy (non-hydrogen) atoms. The van der Waals surface area contributed by atoms with Crippen LogP contribution in [0.25, 0.3) is 0 Å². The Morgan fingerprint density at radius 2 is 1.84 bits per heavy atom. The van der Waals surface area contributed by atoms with Crippen LogP contribution in [0.15, 0.2) is 53.0 Å². The lowest BCUT2D eigenvalue weighted by atomic mass is 10.1. The van der Waals surface area contributed by atoms with Crippen molar-refractivity contribution >= 4 is 21.7 Å². The second-order valence-corrected chi connectivity index (χ2v) is 5.22. The van der Waals surface area contributed by atoms with Gasteiger partial charge in [0.05, 0.1) is 0 Å². The number of carbonyl (C=O) groups excluding carboxylic acids is 1. The molecule has 0 amide bonds. The van der Waals surface area contributed by atoms with Gasteiger partial charge in [0.25, 0.3) is 0 Å². The molecule has 1 atom stereocenters. The van der Waals surface area contributed by atoms with E-state index < -0.39 is 0 Å². The first-order valence-electron chi connectivity index (χ1n) is 6.10. The van der Waals surface area contributed by atoms with Gasteiger partial charge in [-0.1, -0.05) is 30.3 Å². The average molecular weight is 319 g/mol. The van der Waals surface area contributed by atoms with E-state index in [1.807, 2.05) is 49.4 Å². The van der Waals surface area contributed by atoms with E-state index in [1.54, 1.807) is 13.0 Å². The second-order valence-electron chi connectivity index (χ2n) is 4.37. The number of hydrogen-bond acceptors (Lipinski definition) is 2. The van der Waals surface area contributed by atoms with E-state index in [-0.39, 0.29) is 11.9 Å². The molecule has 0 saturated carbocycles. The van der Waals surface area contributed by atoms with Crippen molar-refractivity contribution in [3.05, 3.63) is 64.1 Å². The molecule has 98 valence electrons. The largest absolute Gasteiger partial charge is 0.486 e. The first-order chi connectivity index (χ1) is 9.08. The summed E-state index contributed by atoms with van der Waals surface area (Å²) in [6.07, 6.45) is -0.0312. The van der Waals surface area contributed by atoms with E-state index in [0.29, 0.717) is 5.56 Å². The van der Waals surface area contributed by atoms with Crippen LogP contribution in [-0.4, -0.2) is 5.78 Å². The van der Waals surface area contributed by atoms with Gasteiger partial charge in [-0.05, 0) is 53.5 Å². The zero-order chi connectivity index (χ0) is 13.8. The summed E-state index contributed by atoms with van der Waals surface area (Å²) in [6.45, 7) is 3.55. The van der Waals surface area contributed by atoms with E-state index in [9.17, 15) is 4.79 Å². The molecular formula is C16H15BrO2. The van der Waals surface area contributed by atoms with E-state index in [4.69, 9.17) is 4.74 Å². The highest BCUT2D eigenvalue weighted by molar-refractivity contribution is 9.10. The van der Waals surface area contributed by atoms with Crippen LogP contribution in [-0.2, 0) is 0 Å². The number of hydrogen-bond donors (Lipinski definition) is 0. The summed E-state index contributed by atoms with van der Waals surface area (Å²) < 4.78 is 6.64. The zero-order valence-electron chi connectivity index (χ0n) is 10.9. The Bertz CT molecular complexity index is 579. The summed E-state index contributed by atoms with van der Waals surface area (Å²) in [5, 5.41) is 0. The average Bonchev–Trinajstić information content (AvgIpc) is 2.39. The molecule has 0 N–H and O–H groups in total. The SMILES string of the molecule is CC(=O)c1ccc(OC(C)c2ccccc2)cc1Br. The van der Waals surface area contributed by atoms with Crippen LogP contribution in [0.2, 0.25) is 0 Å². The van der Waals surface area contributed by atoms with Gasteiger partial charge >= 0.3 is 0 Å². The minimum atomic E-state index is -0.0312. The number of Topliss-reactive ketones (excluding diaryl/α,β-unsaturated/α-hetero) is 1. The van der Waals surface area contributed by atoms with Gasteiger partial charge in [0.2, 0.25) is 0 Å². The van der Waals surface area contributed by atoms with Gasteiger partial charge in [0.15, 0.2) is 5.78 Å². The Balaban J connectivity index is 2.16. The minimum absolute atomic E-state index is 0.0312. The third-order valence-electron chi connectivity index (χ3n) is 2.90. The molecule has 0 bridgehead atoms. The first kappa shape index (κ1) is 13.8. The molecule has 0 aliphatic rings. The van der Waals surface area contributed by atoms with Crippen LogP contribution in [0.5, 0.6) is 5.75 Å². The summed E-state index contributed by atoms with van der Waals surface area (Å²) in [7, 11) is 0. The lowest BCUT2D eigenvalue weighted by Crippen LogP contribution is -2.03. The van der Waals surface area contributed by atoms with Crippen LogP contribution in [0.1, 0.15) is 35.9 Å². The maximum absolute atomic E-state index is 11.4. The Hall–Kier alpha value is -1.61. The fourth-order valence-corrected chi connectivity index (χ4v) is 2.49. The van der Waals surface area contributed by atoms with Gasteiger partial charge in [-0.2, -0.15) is 0 Å². The van der Waals surface area contributed by atoms with Gasteiger partial charge in [0, 0.05) is 10.0 Å². The topological polar surface area (TPSA) is 26.3 Å². The van der Waals surface area contributed by atoms with Crippen LogP contribution >= 0.6 is 15.9 Å². The highest BCUT2D eigenvalue weighted by atomic mass is 79.9. The minimum Gasteiger partial charge on any atom is -0.486 e. The maximum atomic E-state index is 11.4. The number of ketones is 1. The summed E-state index contributed by atoms with van der Waals surface area (Å²) in [4.78, 5) is 11.4. The Morgan fingerprint density at radius 3 is 2.42 bits per heavy atom. The number of carbonyl (C=O) groups is 1. The standard InChI is InChI=1S/C16H15BrO2/c1-11(18)15-9-8-14(10-16(15)17)19-12(2)13-6-4-3-5-7-13/h3-10,12H,1-2H3. The number of halogens is 1. The smallest absolute Gasteiger partial charge is 0.160 e. The highest BCUT2D eigenvalue weighted by Gasteiger charge is 2.10. The van der Waals surface area contributed by atoms with Crippen LogP contribution in [0.4, 0.5) is 0 Å². The molecule has 3 heteroatoms. The molecule has 0 heterocycles. The molecule has 2 aromatic carbocycles. The number of benzene rings is 2. The van der Waals surface area contributed by atoms with E-state index in [1.165, 1.54) is 0 Å². The first-order valence-corrected chi connectivity index (χ1v) is 6.89. The molecule has 0 aliphatic heterocycles. The van der Waals surface area contributed by atoms with Gasteiger partial charge in [-0.25, -0.2) is 0 Å². The predicted molar refractivity (Wildman–Crippen MR) is 79.6 cm³/mol. The van der Waals surface area contributed by atoms with Crippen molar-refractivity contribution in [1.29, 1.82) is 0 Å². The molecule has 2 rings (SSSR count). The second kappa shape index (κ2) is 6.02. The lowest BCUT2D eigenvalue weighted by Gasteiger charge is -2.15. The molecule has 2 aromatic rings. The van der Waals surface area contributed by atoms with Crippen molar-refractivity contribution in [2.24, 2.45) is 0 Å². The molecule has 2 nitrogen and oxygen atoms in total. The maximum Gasteiger partial charge on any atom is 0.160 e. The summed E-state index contributed by atoms with van der Waals surface area (Å²) in [5.74, 6) is 0.780. The number of ether oxygens (including phenoxy) is 1. The van der Waals surface area contributed by atoms with E-state index in [2.05, 4.69) is 15.9 Å². The van der Waals surface area contributed by atoms with Gasteiger partial charge in [0.1, 0.15) is 11.9 Å². The van der Waals surface area contributed by atoms with E-state index in [0.717, 1.165) is 15.8 Å². The summed E-state index contributed by atoms with van der Waals surface area (Å²) in [5.41, 5.74) is 1.79. The molecule has 0 saturated heterocycles. The molecule has 0 radical (unpaired) electrons. The fourth-order valence-electron chi connectivity index (χ4n) is 1.85. The van der Waals surface area contributed by atoms with Gasteiger partial charge < -0.3 is 4.74 Å². The van der Waals surface area contributed by atoms with Crippen molar-refractivity contribution < 1.29 is 9.53 Å². The Morgan fingerprint density at radius 1 is 1.16 bits per heavy atom. The summed E-state index contributed by atoms with van der Waals surface area (Å²) in [6, 6.07) is 15.5. The third kappa shape index (κ3) is 3.44. The highest BCUT2D eigenvalue weighted by Crippen LogP contribution is 2.27. The Labute approximate surface area is 121 Å². The molecule has 0 aliphatic carbocycles. The normalized spacial score (nSPS) is 11.9. The zero-order valence-corrected chi connectivity index (χ0v) is 12.5. The van der Waals surface area contributed by atoms with Crippen molar-refractivity contribution in [3.63, 3.8) is 0 Å². The fraction of sp³-hybridized carbons (Fsp3) is 0.188. The summed E-state index contributed by atoms with van der Waals surface area (Å²) >= 11 is 3.39. The monoisotopic (exact) mass is 318 g/mol. The van der Waals surface area contributed by atoms with Gasteiger partial charge in [-0.3, -0.25) is 4.79 Å². The molecular weight excluding hydrogens is 304 g/mol. The van der Waals surface area contributed by atoms with Crippen LogP contribution in [0, 0.1) is 0 Å². The van der Waals surface area contributed by atoms with Crippen LogP contribution in [0.3, 0.4) is 0 Å². The third-order valence-corrected chi connectivity index (χ3v) is 3.56.